The van der Waals surface area contributed by atoms with Crippen LogP contribution in [0.4, 0.5) is 10.5 Å². The summed E-state index contributed by atoms with van der Waals surface area (Å²) in [4.78, 5) is 13.5. The predicted molar refractivity (Wildman–Crippen MR) is 78.9 cm³/mol. The molecule has 1 aliphatic rings. The van der Waals surface area contributed by atoms with Gasteiger partial charge in [-0.1, -0.05) is 23.8 Å². The molecule has 1 atom stereocenters. The van der Waals surface area contributed by atoms with Crippen LogP contribution in [-0.2, 0) is 4.74 Å². The molecule has 4 heteroatoms. The summed E-state index contributed by atoms with van der Waals surface area (Å²) in [5.74, 6) is -0.150. The van der Waals surface area contributed by atoms with Crippen LogP contribution >= 0.6 is 0 Å². The third-order valence-corrected chi connectivity index (χ3v) is 3.43. The highest BCUT2D eigenvalue weighted by Gasteiger charge is 2.33. The van der Waals surface area contributed by atoms with E-state index < -0.39 is 11.7 Å². The first-order chi connectivity index (χ1) is 9.34. The summed E-state index contributed by atoms with van der Waals surface area (Å²) >= 11 is 0. The third kappa shape index (κ3) is 2.70. The number of carbonyl (C=O) groups excluding carboxylic acids is 1. The zero-order valence-corrected chi connectivity index (χ0v) is 12.4. The van der Waals surface area contributed by atoms with Crippen LogP contribution in [0.2, 0.25) is 0 Å². The summed E-state index contributed by atoms with van der Waals surface area (Å²) in [6, 6.07) is 5.85. The highest BCUT2D eigenvalue weighted by molar-refractivity contribution is 5.92. The number of aryl methyl sites for hydroxylation is 1. The maximum atomic E-state index is 12.0. The van der Waals surface area contributed by atoms with Crippen molar-refractivity contribution in [3.8, 4) is 0 Å². The molecule has 1 aromatic carbocycles. The fourth-order valence-electron chi connectivity index (χ4n) is 2.47. The Hall–Kier alpha value is -1.81. The lowest BCUT2D eigenvalue weighted by Gasteiger charge is -2.34. The summed E-state index contributed by atoms with van der Waals surface area (Å²) in [5, 5.41) is 10.3. The molecule has 1 aromatic rings. The molecule has 1 aliphatic heterocycles. The van der Waals surface area contributed by atoms with Crippen LogP contribution in [-0.4, -0.2) is 23.4 Å². The van der Waals surface area contributed by atoms with Crippen molar-refractivity contribution in [1.29, 1.82) is 0 Å². The summed E-state index contributed by atoms with van der Waals surface area (Å²) in [6.07, 6.45) is 3.12. The van der Waals surface area contributed by atoms with E-state index in [1.54, 1.807) is 27.0 Å². The van der Waals surface area contributed by atoms with Crippen LogP contribution < -0.4 is 4.90 Å². The van der Waals surface area contributed by atoms with Gasteiger partial charge in [-0.15, -0.1) is 0 Å². The summed E-state index contributed by atoms with van der Waals surface area (Å²) < 4.78 is 5.06. The van der Waals surface area contributed by atoms with E-state index in [2.05, 4.69) is 0 Å². The molecule has 1 amide bonds. The van der Waals surface area contributed by atoms with E-state index in [-0.39, 0.29) is 5.92 Å². The highest BCUT2D eigenvalue weighted by atomic mass is 16.6. The number of amides is 1. The topological polar surface area (TPSA) is 49.8 Å². The molecule has 0 spiro atoms. The first-order valence-electron chi connectivity index (χ1n) is 6.82. The van der Waals surface area contributed by atoms with Crippen molar-refractivity contribution in [2.45, 2.75) is 39.2 Å². The standard InChI is InChI=1S/C16H21NO3/c1-5-20-15(18)17-9-8-13(16(3,4)19)12-10-11(2)6-7-14(12)17/h6-10,13,19H,5H2,1-4H3. The van der Waals surface area contributed by atoms with E-state index in [0.29, 0.717) is 6.61 Å². The molecule has 0 bridgehead atoms. The van der Waals surface area contributed by atoms with Crippen LogP contribution in [0.25, 0.3) is 0 Å². The second-order valence-corrected chi connectivity index (χ2v) is 5.60. The minimum Gasteiger partial charge on any atom is -0.449 e. The number of nitrogens with zero attached hydrogens (tertiary/aromatic N) is 1. The van der Waals surface area contributed by atoms with Crippen LogP contribution in [0.5, 0.6) is 0 Å². The molecule has 20 heavy (non-hydrogen) atoms. The minimum absolute atomic E-state index is 0.150. The van der Waals surface area contributed by atoms with Gasteiger partial charge in [0, 0.05) is 12.1 Å². The second kappa shape index (κ2) is 5.29. The van der Waals surface area contributed by atoms with Crippen LogP contribution in [0.3, 0.4) is 0 Å². The molecule has 0 fully saturated rings. The van der Waals surface area contributed by atoms with Crippen molar-refractivity contribution in [3.05, 3.63) is 41.6 Å². The lowest BCUT2D eigenvalue weighted by Crippen LogP contribution is -2.35. The number of benzene rings is 1. The van der Waals surface area contributed by atoms with Gasteiger partial charge in [0.25, 0.3) is 0 Å². The number of rotatable bonds is 2. The van der Waals surface area contributed by atoms with Crippen LogP contribution in [0.15, 0.2) is 30.5 Å². The predicted octanol–water partition coefficient (Wildman–Crippen LogP) is 3.34. The van der Waals surface area contributed by atoms with Gasteiger partial charge < -0.3 is 9.84 Å². The Morgan fingerprint density at radius 2 is 2.15 bits per heavy atom. The Morgan fingerprint density at radius 1 is 1.45 bits per heavy atom. The van der Waals surface area contributed by atoms with Crippen molar-refractivity contribution in [2.24, 2.45) is 0 Å². The number of hydrogen-bond acceptors (Lipinski definition) is 3. The molecule has 2 rings (SSSR count). The van der Waals surface area contributed by atoms with Gasteiger partial charge in [0.15, 0.2) is 0 Å². The smallest absolute Gasteiger partial charge is 0.418 e. The molecule has 0 saturated carbocycles. The first-order valence-corrected chi connectivity index (χ1v) is 6.82. The van der Waals surface area contributed by atoms with Gasteiger partial charge in [0.2, 0.25) is 0 Å². The van der Waals surface area contributed by atoms with Crippen molar-refractivity contribution in [3.63, 3.8) is 0 Å². The Morgan fingerprint density at radius 3 is 2.75 bits per heavy atom. The number of carbonyl (C=O) groups is 1. The first kappa shape index (κ1) is 14.6. The maximum absolute atomic E-state index is 12.0. The van der Waals surface area contributed by atoms with Gasteiger partial charge in [-0.25, -0.2) is 4.79 Å². The second-order valence-electron chi connectivity index (χ2n) is 5.60. The molecular weight excluding hydrogens is 254 g/mol. The van der Waals surface area contributed by atoms with Crippen molar-refractivity contribution in [1.82, 2.24) is 0 Å². The summed E-state index contributed by atoms with van der Waals surface area (Å²) in [5.41, 5.74) is 1.91. The monoisotopic (exact) mass is 275 g/mol. The van der Waals surface area contributed by atoms with Crippen molar-refractivity contribution in [2.75, 3.05) is 11.5 Å². The number of aliphatic hydroxyl groups is 1. The average Bonchev–Trinajstić information content (AvgIpc) is 2.36. The SMILES string of the molecule is CCOC(=O)N1C=CC(C(C)(C)O)c2cc(C)ccc21. The van der Waals surface area contributed by atoms with Gasteiger partial charge in [-0.3, -0.25) is 4.90 Å². The molecule has 4 nitrogen and oxygen atoms in total. The molecular formula is C16H21NO3. The molecule has 1 heterocycles. The molecule has 0 aromatic heterocycles. The number of hydrogen-bond donors (Lipinski definition) is 1. The minimum atomic E-state index is -0.889. The van der Waals surface area contributed by atoms with E-state index in [4.69, 9.17) is 4.74 Å². The number of anilines is 1. The normalized spacial score (nSPS) is 17.9. The maximum Gasteiger partial charge on any atom is 0.418 e. The van der Waals surface area contributed by atoms with Gasteiger partial charge in [-0.05, 0) is 39.3 Å². The number of ether oxygens (including phenoxy) is 1. The molecule has 0 aliphatic carbocycles. The van der Waals surface area contributed by atoms with Crippen molar-refractivity contribution >= 4 is 11.8 Å². The largest absolute Gasteiger partial charge is 0.449 e. The molecule has 0 radical (unpaired) electrons. The fourth-order valence-corrected chi connectivity index (χ4v) is 2.47. The van der Waals surface area contributed by atoms with E-state index in [0.717, 1.165) is 16.8 Å². The quantitative estimate of drug-likeness (QED) is 0.900. The average molecular weight is 275 g/mol. The zero-order valence-electron chi connectivity index (χ0n) is 12.4. The molecule has 108 valence electrons. The van der Waals surface area contributed by atoms with E-state index >= 15 is 0 Å². The zero-order chi connectivity index (χ0) is 14.9. The Kier molecular flexibility index (Phi) is 3.86. The van der Waals surface area contributed by atoms with Gasteiger partial charge in [-0.2, -0.15) is 0 Å². The van der Waals surface area contributed by atoms with Gasteiger partial charge >= 0.3 is 6.09 Å². The van der Waals surface area contributed by atoms with Gasteiger partial charge in [0.1, 0.15) is 0 Å². The van der Waals surface area contributed by atoms with E-state index in [1.165, 1.54) is 4.90 Å². The fraction of sp³-hybridized carbons (Fsp3) is 0.438. The highest BCUT2D eigenvalue weighted by Crippen LogP contribution is 2.40. The van der Waals surface area contributed by atoms with Crippen molar-refractivity contribution < 1.29 is 14.6 Å². The lowest BCUT2D eigenvalue weighted by molar-refractivity contribution is 0.0646. The van der Waals surface area contributed by atoms with Gasteiger partial charge in [0.05, 0.1) is 17.9 Å². The molecule has 1 unspecified atom stereocenters. The Bertz CT molecular complexity index is 543. The van der Waals surface area contributed by atoms with E-state index in [1.807, 2.05) is 31.2 Å². The van der Waals surface area contributed by atoms with E-state index in [9.17, 15) is 9.90 Å². The van der Waals surface area contributed by atoms with Crippen LogP contribution in [0.1, 0.15) is 37.8 Å². The number of fused-ring (bicyclic) bond motifs is 1. The third-order valence-electron chi connectivity index (χ3n) is 3.43. The summed E-state index contributed by atoms with van der Waals surface area (Å²) in [7, 11) is 0. The lowest BCUT2D eigenvalue weighted by atomic mass is 9.81. The van der Waals surface area contributed by atoms with Crippen LogP contribution in [0, 0.1) is 6.92 Å². The Labute approximate surface area is 119 Å². The summed E-state index contributed by atoms with van der Waals surface area (Å²) in [6.45, 7) is 7.65. The molecule has 1 N–H and O–H groups in total. The Balaban J connectivity index is 2.48. The molecule has 0 saturated heterocycles.